The molecule has 4 aromatic rings. The summed E-state index contributed by atoms with van der Waals surface area (Å²) >= 11 is 0. The van der Waals surface area contributed by atoms with Gasteiger partial charge in [-0.3, -0.25) is 18.7 Å². The first-order valence-electron chi connectivity index (χ1n) is 18.8. The van der Waals surface area contributed by atoms with E-state index in [0.717, 1.165) is 0 Å². The lowest BCUT2D eigenvalue weighted by atomic mass is 10.0. The van der Waals surface area contributed by atoms with E-state index in [1.54, 1.807) is 0 Å². The van der Waals surface area contributed by atoms with Gasteiger partial charge < -0.3 is 39.4 Å². The van der Waals surface area contributed by atoms with Crippen LogP contribution < -0.4 is 29.6 Å². The highest BCUT2D eigenvalue weighted by Gasteiger charge is 2.47. The van der Waals surface area contributed by atoms with Gasteiger partial charge in [-0.2, -0.15) is 16.8 Å². The van der Waals surface area contributed by atoms with Crippen molar-refractivity contribution in [2.24, 2.45) is 0 Å². The fraction of sp³-hybridized carbons (Fsp3) is 0.268. The third-order valence-corrected chi connectivity index (χ3v) is 13.0. The maximum Gasteiger partial charge on any atom is 0.288 e. The van der Waals surface area contributed by atoms with E-state index in [1.165, 1.54) is 109 Å². The number of carbonyl (C=O) groups is 2. The number of methoxy groups -OCH3 is 2. The minimum atomic E-state index is -4.78. The van der Waals surface area contributed by atoms with Gasteiger partial charge in [-0.1, -0.05) is 24.3 Å². The standard InChI is InChI=1S/C41H38F2N4O12S2/c1-56-34-16-28-30(44-38(60(50,51)52)32-14-24(20-46(32)40(28)48)22-4-8-26(42)9-5-22)18-36(34)58-12-3-13-59-37-19-31-29(17-35(37)57-2)41(49)47-21-25(23-6-10-27(43)11-7-23)15-33(47)39(45-31)61(53,54)55/h4-11,16-21,32-33,38-39,44-45H,3,12-15H2,1-2H3,(H,50,51,52)(H,53,54,55)/t32-,33-,38?,39?/m0/s1. The summed E-state index contributed by atoms with van der Waals surface area (Å²) in [7, 11) is -6.85. The van der Waals surface area contributed by atoms with Gasteiger partial charge in [0.1, 0.15) is 11.6 Å². The van der Waals surface area contributed by atoms with Crippen LogP contribution in [0, 0.1) is 11.6 Å². The number of halogens is 2. The molecule has 0 saturated heterocycles. The van der Waals surface area contributed by atoms with E-state index in [0.29, 0.717) is 22.3 Å². The molecule has 0 bridgehead atoms. The molecular formula is C41H38F2N4O12S2. The summed E-state index contributed by atoms with van der Waals surface area (Å²) in [6.45, 7) is 0.0229. The smallest absolute Gasteiger partial charge is 0.288 e. The number of hydrogen-bond acceptors (Lipinski definition) is 12. The summed E-state index contributed by atoms with van der Waals surface area (Å²) in [4.78, 5) is 30.3. The molecule has 2 unspecified atom stereocenters. The number of carbonyl (C=O) groups excluding carboxylic acids is 2. The SMILES string of the molecule is COc1cc2c(cc1OCCCOc1cc3c(cc1OC)C(=O)N1C=C(c4ccc(F)cc4)C[C@H]1C(S(=O)(=O)O)N3)NC(S(=O)(=O)O)[C@@H]1CC(c3ccc(F)cc3)=CN1C2=O. The Hall–Kier alpha value is -6.22. The maximum atomic E-state index is 13.9. The highest BCUT2D eigenvalue weighted by molar-refractivity contribution is 7.86. The molecular weight excluding hydrogens is 843 g/mol. The molecule has 4 N–H and O–H groups in total. The van der Waals surface area contributed by atoms with Gasteiger partial charge in [0.25, 0.3) is 32.1 Å². The van der Waals surface area contributed by atoms with Crippen molar-refractivity contribution < 1.29 is 63.3 Å². The number of nitrogens with zero attached hydrogens (tertiary/aromatic N) is 2. The molecule has 0 aromatic heterocycles. The normalized spacial score (nSPS) is 20.8. The molecule has 4 aromatic carbocycles. The van der Waals surface area contributed by atoms with E-state index in [9.17, 15) is 44.3 Å². The van der Waals surface area contributed by atoms with Gasteiger partial charge in [-0.15, -0.1) is 0 Å². The number of amides is 2. The van der Waals surface area contributed by atoms with E-state index in [4.69, 9.17) is 18.9 Å². The van der Waals surface area contributed by atoms with Crippen LogP contribution in [0.2, 0.25) is 0 Å². The Kier molecular flexibility index (Phi) is 10.9. The minimum Gasteiger partial charge on any atom is -0.493 e. The first-order chi connectivity index (χ1) is 29.0. The zero-order valence-corrected chi connectivity index (χ0v) is 34.0. The van der Waals surface area contributed by atoms with Gasteiger partial charge in [0, 0.05) is 31.0 Å². The van der Waals surface area contributed by atoms with Gasteiger partial charge in [0.05, 0.1) is 62.0 Å². The summed E-state index contributed by atoms with van der Waals surface area (Å²) < 4.78 is 122. The molecule has 4 atom stereocenters. The lowest BCUT2D eigenvalue weighted by molar-refractivity contribution is 0.0782. The van der Waals surface area contributed by atoms with Gasteiger partial charge in [0.15, 0.2) is 33.7 Å². The number of anilines is 2. The van der Waals surface area contributed by atoms with E-state index in [-0.39, 0.29) is 78.0 Å². The van der Waals surface area contributed by atoms with E-state index in [2.05, 4.69) is 10.6 Å². The molecule has 0 aliphatic carbocycles. The van der Waals surface area contributed by atoms with Crippen molar-refractivity contribution in [1.82, 2.24) is 9.80 Å². The van der Waals surface area contributed by atoms with Crippen molar-refractivity contribution in [1.29, 1.82) is 0 Å². The van der Waals surface area contributed by atoms with Crippen molar-refractivity contribution in [3.63, 3.8) is 0 Å². The Morgan fingerprint density at radius 3 is 1.34 bits per heavy atom. The second-order valence-corrected chi connectivity index (χ2v) is 17.7. The van der Waals surface area contributed by atoms with Crippen LogP contribution in [-0.2, 0) is 20.2 Å². The van der Waals surface area contributed by atoms with Crippen LogP contribution in [0.5, 0.6) is 23.0 Å². The van der Waals surface area contributed by atoms with Gasteiger partial charge >= 0.3 is 0 Å². The Labute approximate surface area is 348 Å². The van der Waals surface area contributed by atoms with Crippen molar-refractivity contribution in [3.05, 3.63) is 119 Å². The molecule has 61 heavy (non-hydrogen) atoms. The fourth-order valence-electron chi connectivity index (χ4n) is 7.92. The topological polar surface area (TPSA) is 210 Å². The predicted molar refractivity (Wildman–Crippen MR) is 217 cm³/mol. The summed E-state index contributed by atoms with van der Waals surface area (Å²) in [6.07, 6.45) is 3.29. The number of ether oxygens (including phenoxy) is 4. The second-order valence-electron chi connectivity index (χ2n) is 14.6. The molecule has 20 heteroatoms. The fourth-order valence-corrected chi connectivity index (χ4v) is 9.72. The van der Waals surface area contributed by atoms with E-state index in [1.807, 2.05) is 0 Å². The Morgan fingerprint density at radius 2 is 1.00 bits per heavy atom. The third kappa shape index (κ3) is 8.06. The van der Waals surface area contributed by atoms with E-state index >= 15 is 0 Å². The average molecular weight is 881 g/mol. The summed E-state index contributed by atoms with van der Waals surface area (Å²) in [5.41, 5.74) is 2.51. The highest BCUT2D eigenvalue weighted by atomic mass is 32.2. The van der Waals surface area contributed by atoms with Crippen LogP contribution in [-0.4, -0.2) is 97.8 Å². The van der Waals surface area contributed by atoms with Crippen molar-refractivity contribution in [3.8, 4) is 23.0 Å². The molecule has 4 aliphatic rings. The van der Waals surface area contributed by atoms with Crippen molar-refractivity contribution in [2.75, 3.05) is 38.1 Å². The first-order valence-corrected chi connectivity index (χ1v) is 21.8. The number of fused-ring (bicyclic) bond motifs is 4. The Balaban J connectivity index is 0.983. The first kappa shape index (κ1) is 41.5. The molecule has 8 rings (SSSR count). The molecule has 4 heterocycles. The van der Waals surface area contributed by atoms with Crippen LogP contribution in [0.1, 0.15) is 51.1 Å². The molecule has 0 saturated carbocycles. The monoisotopic (exact) mass is 880 g/mol. The quantitative estimate of drug-likeness (QED) is 0.101. The molecule has 4 aliphatic heterocycles. The van der Waals surface area contributed by atoms with Crippen LogP contribution in [0.3, 0.4) is 0 Å². The third-order valence-electron chi connectivity index (χ3n) is 10.9. The molecule has 0 radical (unpaired) electrons. The highest BCUT2D eigenvalue weighted by Crippen LogP contribution is 2.44. The van der Waals surface area contributed by atoms with Crippen molar-refractivity contribution >= 4 is 54.6 Å². The van der Waals surface area contributed by atoms with Gasteiger partial charge in [0.2, 0.25) is 0 Å². The zero-order chi connectivity index (χ0) is 43.4. The van der Waals surface area contributed by atoms with Crippen LogP contribution in [0.15, 0.2) is 85.2 Å². The summed E-state index contributed by atoms with van der Waals surface area (Å²) in [5.74, 6) is -1.50. The van der Waals surface area contributed by atoms with Gasteiger partial charge in [-0.25, -0.2) is 8.78 Å². The summed E-state index contributed by atoms with van der Waals surface area (Å²) in [6, 6.07) is 14.5. The largest absolute Gasteiger partial charge is 0.493 e. The average Bonchev–Trinajstić information content (AvgIpc) is 3.81. The molecule has 2 amide bonds. The lowest BCUT2D eigenvalue weighted by Gasteiger charge is -2.26. The maximum absolute atomic E-state index is 13.9. The van der Waals surface area contributed by atoms with Crippen LogP contribution >= 0.6 is 0 Å². The molecule has 320 valence electrons. The number of hydrogen-bond donors (Lipinski definition) is 4. The molecule has 0 spiro atoms. The predicted octanol–water partition coefficient (Wildman–Crippen LogP) is 5.62. The van der Waals surface area contributed by atoms with Crippen LogP contribution in [0.25, 0.3) is 11.1 Å². The number of rotatable bonds is 12. The molecule has 0 fully saturated rings. The Bertz CT molecular complexity index is 2530. The Morgan fingerprint density at radius 1 is 0.623 bits per heavy atom. The molecule has 16 nitrogen and oxygen atoms in total. The minimum absolute atomic E-state index is 0.0114. The van der Waals surface area contributed by atoms with E-state index < -0.39 is 66.5 Å². The summed E-state index contributed by atoms with van der Waals surface area (Å²) in [5, 5.41) is 2.34. The van der Waals surface area contributed by atoms with Crippen LogP contribution in [0.4, 0.5) is 20.2 Å². The van der Waals surface area contributed by atoms with Crippen molar-refractivity contribution in [2.45, 2.75) is 42.1 Å². The number of benzene rings is 4. The zero-order valence-electron chi connectivity index (χ0n) is 32.4. The lowest BCUT2D eigenvalue weighted by Crippen LogP contribution is -2.46. The van der Waals surface area contributed by atoms with Gasteiger partial charge in [-0.05, 0) is 71.5 Å². The number of nitrogens with one attached hydrogen (secondary N) is 2. The second kappa shape index (κ2) is 16.0.